The summed E-state index contributed by atoms with van der Waals surface area (Å²) < 4.78 is 0. The number of nitrogens with zero attached hydrogens (tertiary/aromatic N) is 1. The summed E-state index contributed by atoms with van der Waals surface area (Å²) in [7, 11) is 0. The van der Waals surface area contributed by atoms with Gasteiger partial charge in [0.2, 0.25) is 0 Å². The number of hydrogen-bond acceptors (Lipinski definition) is 5. The van der Waals surface area contributed by atoms with Crippen molar-refractivity contribution in [2.45, 2.75) is 31.2 Å². The number of nitrogens with one attached hydrogen (secondary N) is 1. The zero-order valence-corrected chi connectivity index (χ0v) is 10.8. The summed E-state index contributed by atoms with van der Waals surface area (Å²) in [5.74, 6) is -1.33. The second-order valence-corrected chi connectivity index (χ2v) is 5.06. The lowest BCUT2D eigenvalue weighted by molar-refractivity contribution is -0.385. The summed E-state index contributed by atoms with van der Waals surface area (Å²) in [6.07, 6.45) is 3.56. The maximum absolute atomic E-state index is 10.9. The van der Waals surface area contributed by atoms with Crippen LogP contribution in [0.15, 0.2) is 18.2 Å². The lowest BCUT2D eigenvalue weighted by Gasteiger charge is -2.29. The van der Waals surface area contributed by atoms with Crippen LogP contribution in [0.2, 0.25) is 0 Å². The number of carbonyl (C=O) groups is 1. The Kier molecular flexibility index (Phi) is 3.89. The number of carboxylic acid groups (broad SMARTS) is 1. The topological polar surface area (TPSA) is 113 Å². The number of aromatic carboxylic acids is 1. The summed E-state index contributed by atoms with van der Waals surface area (Å²) in [6, 6.07) is 3.91. The number of nitro benzene ring substituents is 1. The van der Waals surface area contributed by atoms with Crippen LogP contribution in [0.4, 0.5) is 11.4 Å². The molecule has 0 spiro atoms. The molecular weight excluding hydrogens is 264 g/mol. The van der Waals surface area contributed by atoms with Gasteiger partial charge in [-0.05, 0) is 25.0 Å². The van der Waals surface area contributed by atoms with E-state index in [2.05, 4.69) is 5.32 Å². The van der Waals surface area contributed by atoms with E-state index in [-0.39, 0.29) is 12.2 Å². The van der Waals surface area contributed by atoms with Crippen LogP contribution in [-0.2, 0) is 0 Å². The molecule has 0 radical (unpaired) electrons. The highest BCUT2D eigenvalue weighted by Gasteiger charge is 2.33. The van der Waals surface area contributed by atoms with Crippen LogP contribution in [0.1, 0.15) is 36.0 Å². The number of carboxylic acids is 1. The Morgan fingerprint density at radius 2 is 2.05 bits per heavy atom. The first-order valence-corrected chi connectivity index (χ1v) is 6.38. The van der Waals surface area contributed by atoms with Crippen LogP contribution in [0.5, 0.6) is 0 Å². The molecule has 1 aliphatic carbocycles. The summed E-state index contributed by atoms with van der Waals surface area (Å²) >= 11 is 0. The summed E-state index contributed by atoms with van der Waals surface area (Å²) in [5.41, 5.74) is -0.797. The third-order valence-electron chi connectivity index (χ3n) is 3.70. The molecule has 20 heavy (non-hydrogen) atoms. The van der Waals surface area contributed by atoms with Gasteiger partial charge >= 0.3 is 5.97 Å². The van der Waals surface area contributed by atoms with Crippen molar-refractivity contribution < 1.29 is 19.9 Å². The van der Waals surface area contributed by atoms with E-state index in [0.717, 1.165) is 25.7 Å². The Morgan fingerprint density at radius 3 is 2.55 bits per heavy atom. The van der Waals surface area contributed by atoms with Gasteiger partial charge < -0.3 is 15.5 Å². The maximum Gasteiger partial charge on any atom is 0.342 e. The zero-order valence-electron chi connectivity index (χ0n) is 10.8. The van der Waals surface area contributed by atoms with Crippen molar-refractivity contribution in [1.82, 2.24) is 0 Å². The first-order chi connectivity index (χ1) is 9.47. The van der Waals surface area contributed by atoms with Gasteiger partial charge in [-0.1, -0.05) is 12.8 Å². The molecule has 0 bridgehead atoms. The average molecular weight is 280 g/mol. The van der Waals surface area contributed by atoms with E-state index in [4.69, 9.17) is 5.11 Å². The largest absolute Gasteiger partial charge is 0.477 e. The minimum atomic E-state index is -1.33. The van der Waals surface area contributed by atoms with Crippen LogP contribution in [0.3, 0.4) is 0 Å². The number of hydrogen-bond donors (Lipinski definition) is 3. The van der Waals surface area contributed by atoms with Gasteiger partial charge in [-0.15, -0.1) is 0 Å². The Labute approximate surface area is 115 Å². The Hall–Kier alpha value is -2.15. The lowest BCUT2D eigenvalue weighted by atomic mass is 9.98. The number of nitro groups is 1. The number of anilines is 1. The molecular formula is C13H16N2O5. The third-order valence-corrected chi connectivity index (χ3v) is 3.70. The second-order valence-electron chi connectivity index (χ2n) is 5.06. The van der Waals surface area contributed by atoms with Crippen molar-refractivity contribution in [2.75, 3.05) is 11.9 Å². The highest BCUT2D eigenvalue weighted by atomic mass is 16.6. The highest BCUT2D eigenvalue weighted by Crippen LogP contribution is 2.34. The van der Waals surface area contributed by atoms with Gasteiger partial charge in [0.25, 0.3) is 5.69 Å². The van der Waals surface area contributed by atoms with Gasteiger partial charge in [0.15, 0.2) is 0 Å². The SMILES string of the molecule is O=C(O)c1ccc(NC2(CO)CCCC2)cc1[N+](=O)[O-]. The van der Waals surface area contributed by atoms with Crippen molar-refractivity contribution in [1.29, 1.82) is 0 Å². The van der Waals surface area contributed by atoms with Crippen molar-refractivity contribution in [2.24, 2.45) is 0 Å². The smallest absolute Gasteiger partial charge is 0.342 e. The molecule has 1 aromatic carbocycles. The van der Waals surface area contributed by atoms with E-state index in [1.807, 2.05) is 0 Å². The third kappa shape index (κ3) is 2.72. The van der Waals surface area contributed by atoms with E-state index in [1.54, 1.807) is 0 Å². The molecule has 7 heteroatoms. The molecule has 108 valence electrons. The van der Waals surface area contributed by atoms with Crippen molar-refractivity contribution in [3.8, 4) is 0 Å². The molecule has 1 aromatic rings. The van der Waals surface area contributed by atoms with Gasteiger partial charge in [0.1, 0.15) is 5.56 Å². The maximum atomic E-state index is 10.9. The molecule has 1 aliphatic rings. The van der Waals surface area contributed by atoms with Gasteiger partial charge in [0, 0.05) is 11.8 Å². The van der Waals surface area contributed by atoms with Crippen molar-refractivity contribution in [3.05, 3.63) is 33.9 Å². The summed E-state index contributed by atoms with van der Waals surface area (Å²) in [4.78, 5) is 21.2. The first kappa shape index (κ1) is 14.3. The molecule has 0 amide bonds. The molecule has 0 atom stereocenters. The minimum Gasteiger partial charge on any atom is -0.477 e. The zero-order chi connectivity index (χ0) is 14.8. The number of benzene rings is 1. The number of rotatable bonds is 5. The predicted octanol–water partition coefficient (Wildman–Crippen LogP) is 2.01. The predicted molar refractivity (Wildman–Crippen MR) is 72.0 cm³/mol. The second kappa shape index (κ2) is 5.46. The first-order valence-electron chi connectivity index (χ1n) is 6.38. The highest BCUT2D eigenvalue weighted by molar-refractivity contribution is 5.93. The van der Waals surface area contributed by atoms with E-state index in [1.165, 1.54) is 18.2 Å². The van der Waals surface area contributed by atoms with E-state index < -0.39 is 22.1 Å². The minimum absolute atomic E-state index is 0.0541. The van der Waals surface area contributed by atoms with Gasteiger partial charge in [-0.2, -0.15) is 0 Å². The van der Waals surface area contributed by atoms with Crippen LogP contribution in [0, 0.1) is 10.1 Å². The Morgan fingerprint density at radius 1 is 1.40 bits per heavy atom. The summed E-state index contributed by atoms with van der Waals surface area (Å²) in [5, 5.41) is 32.5. The van der Waals surface area contributed by atoms with Crippen LogP contribution in [-0.4, -0.2) is 33.3 Å². The van der Waals surface area contributed by atoms with Gasteiger partial charge in [-0.3, -0.25) is 10.1 Å². The monoisotopic (exact) mass is 280 g/mol. The molecule has 0 unspecified atom stereocenters. The molecule has 3 N–H and O–H groups in total. The summed E-state index contributed by atoms with van der Waals surface area (Å²) in [6.45, 7) is -0.0541. The quantitative estimate of drug-likeness (QED) is 0.561. The van der Waals surface area contributed by atoms with E-state index in [9.17, 15) is 20.0 Å². The Bertz CT molecular complexity index is 538. The average Bonchev–Trinajstić information content (AvgIpc) is 2.87. The Balaban J connectivity index is 2.31. The fourth-order valence-corrected chi connectivity index (χ4v) is 2.62. The van der Waals surface area contributed by atoms with Crippen molar-refractivity contribution in [3.63, 3.8) is 0 Å². The lowest BCUT2D eigenvalue weighted by Crippen LogP contribution is -2.39. The number of aliphatic hydroxyl groups is 1. The normalized spacial score (nSPS) is 16.9. The molecule has 2 rings (SSSR count). The van der Waals surface area contributed by atoms with Gasteiger partial charge in [0.05, 0.1) is 17.1 Å². The van der Waals surface area contributed by atoms with Crippen LogP contribution in [0.25, 0.3) is 0 Å². The van der Waals surface area contributed by atoms with E-state index in [0.29, 0.717) is 5.69 Å². The van der Waals surface area contributed by atoms with E-state index >= 15 is 0 Å². The molecule has 0 aromatic heterocycles. The van der Waals surface area contributed by atoms with Crippen LogP contribution < -0.4 is 5.32 Å². The molecule has 7 nitrogen and oxygen atoms in total. The molecule has 0 aliphatic heterocycles. The molecule has 0 heterocycles. The number of aliphatic hydroxyl groups excluding tert-OH is 1. The van der Waals surface area contributed by atoms with Crippen molar-refractivity contribution >= 4 is 17.3 Å². The fraction of sp³-hybridized carbons (Fsp3) is 0.462. The molecule has 1 fully saturated rings. The van der Waals surface area contributed by atoms with Gasteiger partial charge in [-0.25, -0.2) is 4.79 Å². The van der Waals surface area contributed by atoms with Crippen LogP contribution >= 0.6 is 0 Å². The standard InChI is InChI=1S/C13H16N2O5/c16-8-13(5-1-2-6-13)14-9-3-4-10(12(17)18)11(7-9)15(19)20/h3-4,7,14,16H,1-2,5-6,8H2,(H,17,18). The molecule has 0 saturated heterocycles. The fourth-order valence-electron chi connectivity index (χ4n) is 2.62. The molecule has 1 saturated carbocycles.